The first kappa shape index (κ1) is 21.2. The Morgan fingerprint density at radius 3 is 2.68 bits per heavy atom. The van der Waals surface area contributed by atoms with Crippen molar-refractivity contribution in [3.63, 3.8) is 0 Å². The molecule has 1 saturated carbocycles. The average molecular weight is 429 g/mol. The number of amides is 1. The van der Waals surface area contributed by atoms with Crippen LogP contribution >= 0.6 is 0 Å². The van der Waals surface area contributed by atoms with E-state index >= 15 is 0 Å². The molecular weight excluding hydrogens is 401 g/mol. The zero-order valence-corrected chi connectivity index (χ0v) is 17.8. The second kappa shape index (κ2) is 8.97. The molecule has 9 heteroatoms. The van der Waals surface area contributed by atoms with E-state index in [1.807, 2.05) is 19.0 Å². The number of aromatic nitrogens is 1. The number of fused-ring (bicyclic) bond motifs is 1. The van der Waals surface area contributed by atoms with Crippen LogP contribution in [0.15, 0.2) is 24.3 Å². The zero-order chi connectivity index (χ0) is 22.0. The van der Waals surface area contributed by atoms with Gasteiger partial charge in [0.25, 0.3) is 5.91 Å². The predicted octanol–water partition coefficient (Wildman–Crippen LogP) is 2.80. The van der Waals surface area contributed by atoms with Gasteiger partial charge in [0.1, 0.15) is 19.0 Å². The molecule has 4 N–H and O–H groups in total. The Labute approximate surface area is 180 Å². The van der Waals surface area contributed by atoms with Crippen molar-refractivity contribution in [1.29, 1.82) is 0 Å². The normalized spacial score (nSPS) is 20.2. The number of nitrogens with two attached hydrogens (primary N) is 1. The van der Waals surface area contributed by atoms with Gasteiger partial charge in [0.05, 0.1) is 5.56 Å². The van der Waals surface area contributed by atoms with Gasteiger partial charge in [-0.05, 0) is 38.1 Å². The number of pyridine rings is 1. The summed E-state index contributed by atoms with van der Waals surface area (Å²) in [6.07, 6.45) is 4.18. The molecule has 0 spiro atoms. The maximum Gasteiger partial charge on any atom is 0.252 e. The number of carbonyl (C=O) groups excluding carboxylic acids is 1. The molecule has 2 aromatic rings. The maximum absolute atomic E-state index is 15.0. The van der Waals surface area contributed by atoms with E-state index in [0.29, 0.717) is 30.4 Å². The molecule has 166 valence electrons. The summed E-state index contributed by atoms with van der Waals surface area (Å²) in [4.78, 5) is 18.3. The molecule has 0 saturated heterocycles. The molecule has 31 heavy (non-hydrogen) atoms. The van der Waals surface area contributed by atoms with Crippen LogP contribution in [0.2, 0.25) is 0 Å². The Morgan fingerprint density at radius 2 is 1.94 bits per heavy atom. The summed E-state index contributed by atoms with van der Waals surface area (Å²) in [6, 6.07) is 6.80. The maximum atomic E-state index is 15.0. The molecule has 1 fully saturated rings. The van der Waals surface area contributed by atoms with Gasteiger partial charge in [0.2, 0.25) is 0 Å². The van der Waals surface area contributed by atoms with E-state index in [1.54, 1.807) is 18.2 Å². The highest BCUT2D eigenvalue weighted by Gasteiger charge is 2.30. The number of likely N-dealkylation sites (N-methyl/N-ethyl adjacent to an activating group) is 2. The minimum Gasteiger partial charge on any atom is -0.486 e. The van der Waals surface area contributed by atoms with Crippen molar-refractivity contribution in [1.82, 2.24) is 10.3 Å². The van der Waals surface area contributed by atoms with E-state index in [2.05, 4.69) is 15.6 Å². The molecule has 1 aliphatic carbocycles. The summed E-state index contributed by atoms with van der Waals surface area (Å²) in [5.74, 6) is 0.280. The lowest BCUT2D eigenvalue weighted by Crippen LogP contribution is -2.50. The van der Waals surface area contributed by atoms with Crippen LogP contribution in [-0.2, 0) is 0 Å². The first-order chi connectivity index (χ1) is 15.0. The number of halogens is 1. The highest BCUT2D eigenvalue weighted by Crippen LogP contribution is 2.35. The quantitative estimate of drug-likeness (QED) is 0.649. The minimum atomic E-state index is -0.758. The van der Waals surface area contributed by atoms with Crippen molar-refractivity contribution in [2.24, 2.45) is 5.73 Å². The molecular formula is C22H28FN5O3. The van der Waals surface area contributed by atoms with Crippen LogP contribution < -0.4 is 30.7 Å². The molecule has 1 aromatic heterocycles. The van der Waals surface area contributed by atoms with Crippen molar-refractivity contribution in [3.8, 4) is 11.5 Å². The van der Waals surface area contributed by atoms with Crippen molar-refractivity contribution >= 4 is 23.2 Å². The fourth-order valence-electron chi connectivity index (χ4n) is 4.34. The van der Waals surface area contributed by atoms with Crippen LogP contribution in [0.4, 0.5) is 21.7 Å². The number of nitrogens with one attached hydrogen (secondary N) is 2. The van der Waals surface area contributed by atoms with Crippen molar-refractivity contribution in [3.05, 3.63) is 35.6 Å². The lowest BCUT2D eigenvalue weighted by Gasteiger charge is -2.38. The van der Waals surface area contributed by atoms with Crippen molar-refractivity contribution in [2.75, 3.05) is 37.5 Å². The second-order valence-corrected chi connectivity index (χ2v) is 7.90. The Morgan fingerprint density at radius 1 is 1.19 bits per heavy atom. The second-order valence-electron chi connectivity index (χ2n) is 7.90. The number of carbonyl (C=O) groups is 1. The lowest BCUT2D eigenvalue weighted by molar-refractivity contribution is 0.100. The van der Waals surface area contributed by atoms with E-state index in [-0.39, 0.29) is 29.3 Å². The van der Waals surface area contributed by atoms with Gasteiger partial charge >= 0.3 is 0 Å². The number of benzene rings is 1. The van der Waals surface area contributed by atoms with Crippen LogP contribution in [0, 0.1) is 5.82 Å². The van der Waals surface area contributed by atoms with Crippen LogP contribution in [0.1, 0.15) is 36.0 Å². The number of hydrogen-bond donors (Lipinski definition) is 3. The summed E-state index contributed by atoms with van der Waals surface area (Å²) in [5, 5.41) is 6.43. The third-order valence-corrected chi connectivity index (χ3v) is 5.96. The topological polar surface area (TPSA) is 102 Å². The Kier molecular flexibility index (Phi) is 6.13. The molecule has 2 heterocycles. The summed E-state index contributed by atoms with van der Waals surface area (Å²) in [5.41, 5.74) is 6.12. The largest absolute Gasteiger partial charge is 0.486 e. The summed E-state index contributed by atoms with van der Waals surface area (Å²) < 4.78 is 26.1. The Bertz CT molecular complexity index is 970. The van der Waals surface area contributed by atoms with E-state index in [4.69, 9.17) is 15.2 Å². The van der Waals surface area contributed by atoms with Gasteiger partial charge in [0, 0.05) is 30.9 Å². The van der Waals surface area contributed by atoms with Crippen molar-refractivity contribution < 1.29 is 18.7 Å². The third-order valence-electron chi connectivity index (χ3n) is 5.96. The summed E-state index contributed by atoms with van der Waals surface area (Å²) in [7, 11) is 3.76. The van der Waals surface area contributed by atoms with Gasteiger partial charge in [-0.15, -0.1) is 0 Å². The highest BCUT2D eigenvalue weighted by atomic mass is 19.1. The standard InChI is InChI=1S/C22H28FN5O3/c1-25-16-5-3-4-6-17(16)28(2)22-15(23)12-14(20(24)29)21(27-22)26-13-7-8-18-19(11-13)31-10-9-30-18/h7-8,11-12,16-17,25H,3-6,9-10H2,1-2H3,(H2,24,29)(H,26,27). The number of anilines is 3. The molecule has 1 aromatic carbocycles. The molecule has 0 bridgehead atoms. The number of primary amides is 1. The summed E-state index contributed by atoms with van der Waals surface area (Å²) in [6.45, 7) is 0.955. The van der Waals surface area contributed by atoms with Gasteiger partial charge < -0.3 is 30.7 Å². The number of nitrogens with zero attached hydrogens (tertiary/aromatic N) is 2. The van der Waals surface area contributed by atoms with Crippen LogP contribution in [-0.4, -0.2) is 50.3 Å². The van der Waals surface area contributed by atoms with Gasteiger partial charge in [-0.1, -0.05) is 12.8 Å². The Hall–Kier alpha value is -3.07. The van der Waals surface area contributed by atoms with E-state index in [1.165, 1.54) is 0 Å². The molecule has 2 unspecified atom stereocenters. The minimum absolute atomic E-state index is 0.0154. The van der Waals surface area contributed by atoms with Gasteiger partial charge in [-0.2, -0.15) is 0 Å². The Balaban J connectivity index is 1.67. The molecule has 4 rings (SSSR count). The highest BCUT2D eigenvalue weighted by molar-refractivity contribution is 5.98. The fraction of sp³-hybridized carbons (Fsp3) is 0.455. The van der Waals surface area contributed by atoms with Crippen LogP contribution in [0.25, 0.3) is 0 Å². The number of hydrogen-bond acceptors (Lipinski definition) is 7. The van der Waals surface area contributed by atoms with Crippen LogP contribution in [0.5, 0.6) is 11.5 Å². The fourth-order valence-corrected chi connectivity index (χ4v) is 4.34. The third kappa shape index (κ3) is 4.36. The van der Waals surface area contributed by atoms with E-state index in [0.717, 1.165) is 31.7 Å². The van der Waals surface area contributed by atoms with Gasteiger partial charge in [0.15, 0.2) is 23.1 Å². The first-order valence-electron chi connectivity index (χ1n) is 10.5. The predicted molar refractivity (Wildman–Crippen MR) is 117 cm³/mol. The molecule has 2 atom stereocenters. The molecule has 1 amide bonds. The molecule has 2 aliphatic rings. The monoisotopic (exact) mass is 429 g/mol. The van der Waals surface area contributed by atoms with Crippen LogP contribution in [0.3, 0.4) is 0 Å². The lowest BCUT2D eigenvalue weighted by atomic mass is 9.89. The van der Waals surface area contributed by atoms with Crippen molar-refractivity contribution in [2.45, 2.75) is 37.8 Å². The summed E-state index contributed by atoms with van der Waals surface area (Å²) >= 11 is 0. The number of ether oxygens (including phenoxy) is 2. The number of rotatable bonds is 6. The van der Waals surface area contributed by atoms with Gasteiger partial charge in [-0.25, -0.2) is 9.37 Å². The first-order valence-corrected chi connectivity index (χ1v) is 10.5. The average Bonchev–Trinajstić information content (AvgIpc) is 2.79. The SMILES string of the molecule is CNC1CCCCC1N(C)c1nc(Nc2ccc3c(c2)OCCO3)c(C(N)=O)cc1F. The van der Waals surface area contributed by atoms with E-state index < -0.39 is 11.7 Å². The smallest absolute Gasteiger partial charge is 0.252 e. The molecule has 0 radical (unpaired) electrons. The molecule has 8 nitrogen and oxygen atoms in total. The zero-order valence-electron chi connectivity index (χ0n) is 17.8. The van der Waals surface area contributed by atoms with E-state index in [9.17, 15) is 9.18 Å². The molecule has 1 aliphatic heterocycles. The van der Waals surface area contributed by atoms with Gasteiger partial charge in [-0.3, -0.25) is 4.79 Å².